The number of nitrogens with zero attached hydrogens (tertiary/aromatic N) is 1. The van der Waals surface area contributed by atoms with E-state index in [-0.39, 0.29) is 24.8 Å². The minimum absolute atomic E-state index is 0.0360. The smallest absolute Gasteiger partial charge is 0.323 e. The SMILES string of the molecule is C[C@@]1(C(=O)O)C[C@H](O)C[C@@H](C[C@@H](CCCN=C(N)N)C(=O)O)N1. The lowest BCUT2D eigenvalue weighted by molar-refractivity contribution is -0.148. The molecule has 0 bridgehead atoms. The molecule has 1 saturated heterocycles. The summed E-state index contributed by atoms with van der Waals surface area (Å²) in [6, 6.07) is -0.371. The van der Waals surface area contributed by atoms with E-state index in [4.69, 9.17) is 11.5 Å². The maximum absolute atomic E-state index is 11.4. The van der Waals surface area contributed by atoms with Gasteiger partial charge in [-0.15, -0.1) is 0 Å². The number of carbonyl (C=O) groups is 2. The predicted octanol–water partition coefficient (Wildman–Crippen LogP) is -0.913. The first-order valence-electron chi connectivity index (χ1n) is 7.61. The van der Waals surface area contributed by atoms with Gasteiger partial charge < -0.3 is 26.8 Å². The van der Waals surface area contributed by atoms with Crippen LogP contribution in [0.2, 0.25) is 0 Å². The summed E-state index contributed by atoms with van der Waals surface area (Å²) >= 11 is 0. The molecule has 1 aliphatic rings. The van der Waals surface area contributed by atoms with Crippen molar-refractivity contribution in [3.05, 3.63) is 0 Å². The molecular formula is C14H26N4O5. The van der Waals surface area contributed by atoms with Gasteiger partial charge in [0.2, 0.25) is 0 Å². The van der Waals surface area contributed by atoms with E-state index in [0.717, 1.165) is 0 Å². The Labute approximate surface area is 134 Å². The zero-order valence-electron chi connectivity index (χ0n) is 13.2. The van der Waals surface area contributed by atoms with Crippen LogP contribution < -0.4 is 16.8 Å². The Hall–Kier alpha value is -1.87. The lowest BCUT2D eigenvalue weighted by atomic mass is 9.82. The Kier molecular flexibility index (Phi) is 6.77. The van der Waals surface area contributed by atoms with Crippen LogP contribution in [0.1, 0.15) is 39.0 Å². The average Bonchev–Trinajstić information content (AvgIpc) is 2.40. The summed E-state index contributed by atoms with van der Waals surface area (Å²) in [5, 5.41) is 31.5. The van der Waals surface area contributed by atoms with Gasteiger partial charge in [-0.25, -0.2) is 0 Å². The van der Waals surface area contributed by atoms with Gasteiger partial charge in [-0.05, 0) is 32.6 Å². The van der Waals surface area contributed by atoms with Crippen molar-refractivity contribution in [3.63, 3.8) is 0 Å². The number of nitrogens with one attached hydrogen (secondary N) is 1. The summed E-state index contributed by atoms with van der Waals surface area (Å²) in [6.45, 7) is 1.85. The summed E-state index contributed by atoms with van der Waals surface area (Å²) in [4.78, 5) is 26.5. The van der Waals surface area contributed by atoms with Crippen molar-refractivity contribution in [1.29, 1.82) is 0 Å². The first-order valence-corrected chi connectivity index (χ1v) is 7.61. The van der Waals surface area contributed by atoms with Crippen molar-refractivity contribution in [2.75, 3.05) is 6.54 Å². The number of piperidine rings is 1. The number of guanidine groups is 1. The van der Waals surface area contributed by atoms with E-state index in [1.807, 2.05) is 0 Å². The van der Waals surface area contributed by atoms with Crippen LogP contribution in [0.25, 0.3) is 0 Å². The first-order chi connectivity index (χ1) is 10.6. The second-order valence-electron chi connectivity index (χ2n) is 6.29. The fraction of sp³-hybridized carbons (Fsp3) is 0.786. The largest absolute Gasteiger partial charge is 0.481 e. The van der Waals surface area contributed by atoms with Gasteiger partial charge in [-0.2, -0.15) is 0 Å². The summed E-state index contributed by atoms with van der Waals surface area (Å²) in [6.07, 6.45) is 0.807. The van der Waals surface area contributed by atoms with Crippen LogP contribution in [0.4, 0.5) is 0 Å². The van der Waals surface area contributed by atoms with Crippen LogP contribution in [0.15, 0.2) is 4.99 Å². The molecule has 0 aromatic rings. The highest BCUT2D eigenvalue weighted by Crippen LogP contribution is 2.27. The minimum Gasteiger partial charge on any atom is -0.481 e. The molecule has 1 heterocycles. The van der Waals surface area contributed by atoms with E-state index in [1.54, 1.807) is 0 Å². The van der Waals surface area contributed by atoms with Gasteiger partial charge in [0, 0.05) is 19.0 Å². The number of carboxylic acids is 2. The standard InChI is InChI=1S/C14H26N4O5/c1-14(12(22)23)7-10(19)6-9(18-14)5-8(11(20)21)3-2-4-17-13(15)16/h8-10,18-19H,2-7H2,1H3,(H,20,21)(H,22,23)(H4,15,16,17)/t8-,9-,10-,14+/m1/s1. The van der Waals surface area contributed by atoms with Gasteiger partial charge in [0.25, 0.3) is 0 Å². The van der Waals surface area contributed by atoms with Crippen LogP contribution >= 0.6 is 0 Å². The zero-order chi connectivity index (χ0) is 17.6. The van der Waals surface area contributed by atoms with E-state index in [0.29, 0.717) is 25.8 Å². The Morgan fingerprint density at radius 3 is 2.57 bits per heavy atom. The van der Waals surface area contributed by atoms with Crippen LogP contribution in [0, 0.1) is 5.92 Å². The van der Waals surface area contributed by atoms with E-state index < -0.39 is 29.5 Å². The first kappa shape index (κ1) is 19.2. The van der Waals surface area contributed by atoms with Gasteiger partial charge in [0.1, 0.15) is 5.54 Å². The highest BCUT2D eigenvalue weighted by atomic mass is 16.4. The average molecular weight is 330 g/mol. The Morgan fingerprint density at radius 2 is 2.04 bits per heavy atom. The molecule has 9 nitrogen and oxygen atoms in total. The Balaban J connectivity index is 2.63. The Morgan fingerprint density at radius 1 is 1.39 bits per heavy atom. The normalized spacial score (nSPS) is 28.8. The molecule has 0 aromatic carbocycles. The number of hydrogen-bond acceptors (Lipinski definition) is 5. The summed E-state index contributed by atoms with van der Waals surface area (Å²) < 4.78 is 0. The molecule has 1 rings (SSSR count). The second-order valence-corrected chi connectivity index (χ2v) is 6.29. The minimum atomic E-state index is -1.25. The topological polar surface area (TPSA) is 171 Å². The number of nitrogens with two attached hydrogens (primary N) is 2. The molecular weight excluding hydrogens is 304 g/mol. The lowest BCUT2D eigenvalue weighted by Crippen LogP contribution is -2.60. The van der Waals surface area contributed by atoms with Crippen LogP contribution in [-0.4, -0.2) is 57.4 Å². The number of rotatable bonds is 8. The molecule has 4 atom stereocenters. The van der Waals surface area contributed by atoms with Crippen molar-refractivity contribution in [1.82, 2.24) is 5.32 Å². The molecule has 0 unspecified atom stereocenters. The highest BCUT2D eigenvalue weighted by molar-refractivity contribution is 5.78. The third-order valence-electron chi connectivity index (χ3n) is 4.12. The van der Waals surface area contributed by atoms with Crippen molar-refractivity contribution in [2.45, 2.75) is 56.7 Å². The molecule has 23 heavy (non-hydrogen) atoms. The molecule has 9 heteroatoms. The van der Waals surface area contributed by atoms with Gasteiger partial charge in [0.05, 0.1) is 12.0 Å². The summed E-state index contributed by atoms with van der Waals surface area (Å²) in [5.41, 5.74) is 9.17. The number of hydrogen-bond donors (Lipinski definition) is 6. The van der Waals surface area contributed by atoms with Gasteiger partial charge in [-0.1, -0.05) is 0 Å². The summed E-state index contributed by atoms with van der Waals surface area (Å²) in [5.74, 6) is -2.69. The zero-order valence-corrected chi connectivity index (χ0v) is 13.2. The fourth-order valence-corrected chi connectivity index (χ4v) is 2.99. The number of aliphatic imine (C=N–C) groups is 1. The van der Waals surface area contributed by atoms with Gasteiger partial charge in [-0.3, -0.25) is 19.9 Å². The van der Waals surface area contributed by atoms with E-state index in [2.05, 4.69) is 10.3 Å². The van der Waals surface area contributed by atoms with Crippen molar-refractivity contribution >= 4 is 17.9 Å². The number of carboxylic acid groups (broad SMARTS) is 2. The lowest BCUT2D eigenvalue weighted by Gasteiger charge is -2.40. The van der Waals surface area contributed by atoms with Crippen LogP contribution in [-0.2, 0) is 9.59 Å². The van der Waals surface area contributed by atoms with Crippen molar-refractivity contribution in [3.8, 4) is 0 Å². The van der Waals surface area contributed by atoms with Crippen LogP contribution in [0.3, 0.4) is 0 Å². The molecule has 8 N–H and O–H groups in total. The molecule has 0 aromatic heterocycles. The molecule has 0 amide bonds. The molecule has 1 fully saturated rings. The van der Waals surface area contributed by atoms with E-state index in [9.17, 15) is 24.9 Å². The molecule has 0 radical (unpaired) electrons. The maximum atomic E-state index is 11.4. The highest BCUT2D eigenvalue weighted by Gasteiger charge is 2.42. The number of aliphatic hydroxyl groups excluding tert-OH is 1. The maximum Gasteiger partial charge on any atom is 0.323 e. The number of aliphatic carboxylic acids is 2. The molecule has 0 spiro atoms. The second kappa shape index (κ2) is 8.11. The Bertz CT molecular complexity index is 466. The molecule has 1 aliphatic heterocycles. The predicted molar refractivity (Wildman–Crippen MR) is 83.9 cm³/mol. The quantitative estimate of drug-likeness (QED) is 0.188. The monoisotopic (exact) mass is 330 g/mol. The van der Waals surface area contributed by atoms with Crippen molar-refractivity contribution in [2.24, 2.45) is 22.4 Å². The third-order valence-corrected chi connectivity index (χ3v) is 4.12. The van der Waals surface area contributed by atoms with Gasteiger partial charge in [0.15, 0.2) is 5.96 Å². The number of aliphatic hydroxyl groups is 1. The fourth-order valence-electron chi connectivity index (χ4n) is 2.99. The molecule has 0 saturated carbocycles. The van der Waals surface area contributed by atoms with Crippen molar-refractivity contribution < 1.29 is 24.9 Å². The van der Waals surface area contributed by atoms with E-state index in [1.165, 1.54) is 6.92 Å². The van der Waals surface area contributed by atoms with E-state index >= 15 is 0 Å². The summed E-state index contributed by atoms with van der Waals surface area (Å²) in [7, 11) is 0. The molecule has 0 aliphatic carbocycles. The third kappa shape index (κ3) is 6.03. The van der Waals surface area contributed by atoms with Gasteiger partial charge >= 0.3 is 11.9 Å². The van der Waals surface area contributed by atoms with Crippen LogP contribution in [0.5, 0.6) is 0 Å². The molecule has 132 valence electrons.